The van der Waals surface area contributed by atoms with Crippen molar-refractivity contribution in [1.29, 1.82) is 0 Å². The van der Waals surface area contributed by atoms with Crippen molar-refractivity contribution in [1.82, 2.24) is 14.9 Å². The summed E-state index contributed by atoms with van der Waals surface area (Å²) in [6, 6.07) is 2.37. The predicted molar refractivity (Wildman–Crippen MR) is 84.2 cm³/mol. The second-order valence-electron chi connectivity index (χ2n) is 6.34. The number of likely N-dealkylation sites (tertiary alicyclic amines) is 1. The summed E-state index contributed by atoms with van der Waals surface area (Å²) < 4.78 is 0. The minimum absolute atomic E-state index is 0.289. The number of aromatic nitrogens is 2. The lowest BCUT2D eigenvalue weighted by molar-refractivity contribution is -0.132. The van der Waals surface area contributed by atoms with E-state index in [9.17, 15) is 4.79 Å². The van der Waals surface area contributed by atoms with E-state index in [1.54, 1.807) is 0 Å². The van der Waals surface area contributed by atoms with E-state index in [1.165, 1.54) is 0 Å². The Labute approximate surface area is 127 Å². The van der Waals surface area contributed by atoms with Gasteiger partial charge in [0.1, 0.15) is 11.6 Å². The summed E-state index contributed by atoms with van der Waals surface area (Å²) in [6.07, 6.45) is 2.61. The Morgan fingerprint density at radius 3 is 2.57 bits per heavy atom. The first-order valence-corrected chi connectivity index (χ1v) is 7.80. The summed E-state index contributed by atoms with van der Waals surface area (Å²) in [4.78, 5) is 22.7. The van der Waals surface area contributed by atoms with E-state index in [-0.39, 0.29) is 5.91 Å². The van der Waals surface area contributed by atoms with Crippen molar-refractivity contribution in [3.05, 3.63) is 17.6 Å². The van der Waals surface area contributed by atoms with Crippen molar-refractivity contribution in [2.24, 2.45) is 5.92 Å². The fraction of sp³-hybridized carbons (Fsp3) is 0.688. The van der Waals surface area contributed by atoms with Crippen LogP contribution in [0.3, 0.4) is 0 Å². The Morgan fingerprint density at radius 2 is 2.00 bits per heavy atom. The van der Waals surface area contributed by atoms with Crippen LogP contribution >= 0.6 is 0 Å². The van der Waals surface area contributed by atoms with E-state index < -0.39 is 0 Å². The van der Waals surface area contributed by atoms with Crippen molar-refractivity contribution in [2.75, 3.05) is 18.4 Å². The lowest BCUT2D eigenvalue weighted by Gasteiger charge is -2.33. The maximum atomic E-state index is 12.0. The number of rotatable bonds is 4. The number of nitrogens with one attached hydrogen (secondary N) is 1. The molecular weight excluding hydrogens is 264 g/mol. The van der Waals surface area contributed by atoms with Crippen molar-refractivity contribution in [2.45, 2.75) is 53.0 Å². The van der Waals surface area contributed by atoms with E-state index in [1.807, 2.05) is 24.8 Å². The van der Waals surface area contributed by atoms with Crippen LogP contribution in [0.2, 0.25) is 0 Å². The third-order valence-corrected chi connectivity index (χ3v) is 3.75. The molecule has 0 atom stereocenters. The van der Waals surface area contributed by atoms with Gasteiger partial charge in [-0.1, -0.05) is 13.8 Å². The molecule has 1 aromatic heterocycles. The number of amides is 1. The first kappa shape index (κ1) is 15.7. The van der Waals surface area contributed by atoms with Crippen molar-refractivity contribution < 1.29 is 4.79 Å². The summed E-state index contributed by atoms with van der Waals surface area (Å²) in [5, 5.41) is 3.47. The zero-order valence-corrected chi connectivity index (χ0v) is 13.5. The number of hydrogen-bond donors (Lipinski definition) is 1. The molecule has 1 amide bonds. The minimum Gasteiger partial charge on any atom is -0.367 e. The highest BCUT2D eigenvalue weighted by Gasteiger charge is 2.23. The molecule has 2 rings (SSSR count). The molecule has 1 aromatic rings. The molecule has 5 nitrogen and oxygen atoms in total. The van der Waals surface area contributed by atoms with Crippen LogP contribution in [-0.4, -0.2) is 39.9 Å². The van der Waals surface area contributed by atoms with Crippen molar-refractivity contribution in [3.8, 4) is 0 Å². The van der Waals surface area contributed by atoms with Gasteiger partial charge in [-0.3, -0.25) is 4.79 Å². The molecule has 0 aliphatic carbocycles. The van der Waals surface area contributed by atoms with Crippen LogP contribution in [0.5, 0.6) is 0 Å². The van der Waals surface area contributed by atoms with Crippen LogP contribution in [0.4, 0.5) is 5.82 Å². The van der Waals surface area contributed by atoms with E-state index in [2.05, 4.69) is 29.1 Å². The van der Waals surface area contributed by atoms with Gasteiger partial charge in [-0.15, -0.1) is 0 Å². The minimum atomic E-state index is 0.289. The second-order valence-corrected chi connectivity index (χ2v) is 6.34. The molecule has 0 unspecified atom stereocenters. The van der Waals surface area contributed by atoms with Gasteiger partial charge in [0.15, 0.2) is 0 Å². The maximum Gasteiger partial charge on any atom is 0.222 e. The third-order valence-electron chi connectivity index (χ3n) is 3.75. The third kappa shape index (κ3) is 4.69. The van der Waals surface area contributed by atoms with Gasteiger partial charge in [-0.05, 0) is 32.6 Å². The molecule has 116 valence electrons. The molecule has 5 heteroatoms. The molecule has 1 N–H and O–H groups in total. The fourth-order valence-electron chi connectivity index (χ4n) is 2.75. The molecule has 1 saturated heterocycles. The molecule has 0 bridgehead atoms. The van der Waals surface area contributed by atoms with Gasteiger partial charge in [0.2, 0.25) is 5.91 Å². The van der Waals surface area contributed by atoms with Crippen LogP contribution in [0, 0.1) is 19.8 Å². The Kier molecular flexibility index (Phi) is 5.15. The predicted octanol–water partition coefficient (Wildman–Crippen LogP) is 2.54. The number of carbonyl (C=O) groups is 1. The lowest BCUT2D eigenvalue weighted by Crippen LogP contribution is -2.42. The summed E-state index contributed by atoms with van der Waals surface area (Å²) >= 11 is 0. The molecule has 1 aliphatic heterocycles. The highest BCUT2D eigenvalue weighted by molar-refractivity contribution is 5.76. The topological polar surface area (TPSA) is 58.1 Å². The second kappa shape index (κ2) is 6.87. The molecule has 0 saturated carbocycles. The van der Waals surface area contributed by atoms with E-state index in [0.717, 1.165) is 43.3 Å². The summed E-state index contributed by atoms with van der Waals surface area (Å²) in [5.41, 5.74) is 0.981. The van der Waals surface area contributed by atoms with Crippen LogP contribution in [0.15, 0.2) is 6.07 Å². The summed E-state index contributed by atoms with van der Waals surface area (Å²) in [7, 11) is 0. The number of nitrogens with zero attached hydrogens (tertiary/aromatic N) is 3. The average Bonchev–Trinajstić information content (AvgIpc) is 2.37. The quantitative estimate of drug-likeness (QED) is 0.926. The molecule has 0 radical (unpaired) electrons. The number of anilines is 1. The Morgan fingerprint density at radius 1 is 1.33 bits per heavy atom. The molecule has 0 aromatic carbocycles. The SMILES string of the molecule is Cc1cc(NC2CCN(C(=O)CC(C)C)CC2)nc(C)n1. The van der Waals surface area contributed by atoms with Crippen LogP contribution < -0.4 is 5.32 Å². The normalized spacial score (nSPS) is 16.3. The molecule has 2 heterocycles. The number of piperidine rings is 1. The van der Waals surface area contributed by atoms with Gasteiger partial charge in [-0.25, -0.2) is 9.97 Å². The van der Waals surface area contributed by atoms with Gasteiger partial charge >= 0.3 is 0 Å². The van der Waals surface area contributed by atoms with E-state index in [4.69, 9.17) is 0 Å². The first-order chi connectivity index (χ1) is 9.94. The zero-order valence-electron chi connectivity index (χ0n) is 13.5. The summed E-state index contributed by atoms with van der Waals surface area (Å²) in [6.45, 7) is 9.74. The maximum absolute atomic E-state index is 12.0. The van der Waals surface area contributed by atoms with E-state index >= 15 is 0 Å². The van der Waals surface area contributed by atoms with E-state index in [0.29, 0.717) is 18.4 Å². The average molecular weight is 290 g/mol. The number of carbonyl (C=O) groups excluding carboxylic acids is 1. The Hall–Kier alpha value is -1.65. The van der Waals surface area contributed by atoms with Crippen molar-refractivity contribution >= 4 is 11.7 Å². The molecular formula is C16H26N4O. The molecule has 1 aliphatic rings. The van der Waals surface area contributed by atoms with Gasteiger partial charge in [0.25, 0.3) is 0 Å². The highest BCUT2D eigenvalue weighted by atomic mass is 16.2. The Bertz CT molecular complexity index is 473. The van der Waals surface area contributed by atoms with Gasteiger partial charge in [0, 0.05) is 37.3 Å². The smallest absolute Gasteiger partial charge is 0.222 e. The Balaban J connectivity index is 1.85. The van der Waals surface area contributed by atoms with Gasteiger partial charge in [-0.2, -0.15) is 0 Å². The highest BCUT2D eigenvalue weighted by Crippen LogP contribution is 2.17. The monoisotopic (exact) mass is 290 g/mol. The van der Waals surface area contributed by atoms with Crippen LogP contribution in [0.1, 0.15) is 44.6 Å². The first-order valence-electron chi connectivity index (χ1n) is 7.80. The fourth-order valence-corrected chi connectivity index (χ4v) is 2.75. The van der Waals surface area contributed by atoms with Crippen LogP contribution in [-0.2, 0) is 4.79 Å². The van der Waals surface area contributed by atoms with Crippen LogP contribution in [0.25, 0.3) is 0 Å². The van der Waals surface area contributed by atoms with Gasteiger partial charge < -0.3 is 10.2 Å². The summed E-state index contributed by atoms with van der Waals surface area (Å²) in [5.74, 6) is 2.41. The molecule has 0 spiro atoms. The zero-order chi connectivity index (χ0) is 15.4. The molecule has 1 fully saturated rings. The number of aryl methyl sites for hydroxylation is 2. The molecule has 21 heavy (non-hydrogen) atoms. The largest absolute Gasteiger partial charge is 0.367 e. The van der Waals surface area contributed by atoms with Gasteiger partial charge in [0.05, 0.1) is 0 Å². The standard InChI is InChI=1S/C16H26N4O/c1-11(2)9-16(21)20-7-5-14(6-8-20)19-15-10-12(3)17-13(4)18-15/h10-11,14H,5-9H2,1-4H3,(H,17,18,19). The number of hydrogen-bond acceptors (Lipinski definition) is 4. The lowest BCUT2D eigenvalue weighted by atomic mass is 10.0. The van der Waals surface area contributed by atoms with Crippen molar-refractivity contribution in [3.63, 3.8) is 0 Å².